The Morgan fingerprint density at radius 2 is 1.97 bits per heavy atom. The van der Waals surface area contributed by atoms with Gasteiger partial charge in [-0.25, -0.2) is 19.2 Å². The van der Waals surface area contributed by atoms with Crippen LogP contribution in [0.25, 0.3) is 0 Å². The number of carboxylic acids is 1. The Bertz CT molecular complexity index is 1210. The van der Waals surface area contributed by atoms with Crippen molar-refractivity contribution in [2.75, 3.05) is 25.5 Å². The van der Waals surface area contributed by atoms with Crippen molar-refractivity contribution in [3.05, 3.63) is 71.1 Å². The maximum absolute atomic E-state index is 15.3. The summed E-state index contributed by atoms with van der Waals surface area (Å²) < 4.78 is 41.9. The third-order valence-electron chi connectivity index (χ3n) is 5.00. The lowest BCUT2D eigenvalue weighted by atomic mass is 10.1. The van der Waals surface area contributed by atoms with Crippen molar-refractivity contribution in [2.45, 2.75) is 13.2 Å². The number of rotatable bonds is 9. The van der Waals surface area contributed by atoms with Crippen molar-refractivity contribution < 1.29 is 33.3 Å². The SMILES string of the molecule is CC1=C(F)C(Oc2cc(C(=N)N)ccc2O)N(NCC(=O)O)C(Oc2cccc(N(C)C)c2)=C1F. The topological polar surface area (TPSA) is 144 Å². The number of phenols is 1. The molecule has 0 aromatic heterocycles. The Balaban J connectivity index is 2.05. The van der Waals surface area contributed by atoms with Crippen molar-refractivity contribution in [3.63, 3.8) is 0 Å². The summed E-state index contributed by atoms with van der Waals surface area (Å²) in [6.45, 7) is 0.435. The van der Waals surface area contributed by atoms with E-state index in [2.05, 4.69) is 5.43 Å². The average molecular weight is 489 g/mol. The Morgan fingerprint density at radius 3 is 2.60 bits per heavy atom. The number of phenolic OH excluding ortho intramolecular Hbond substituents is 1. The second-order valence-electron chi connectivity index (χ2n) is 7.75. The lowest BCUT2D eigenvalue weighted by molar-refractivity contribution is -0.137. The molecule has 0 fully saturated rings. The van der Waals surface area contributed by atoms with Crippen LogP contribution >= 0.6 is 0 Å². The van der Waals surface area contributed by atoms with Gasteiger partial charge in [0.2, 0.25) is 6.23 Å². The van der Waals surface area contributed by atoms with Crippen LogP contribution in [0.1, 0.15) is 12.5 Å². The highest BCUT2D eigenvalue weighted by Gasteiger charge is 2.39. The number of amidine groups is 1. The van der Waals surface area contributed by atoms with Gasteiger partial charge in [0.05, 0.1) is 0 Å². The molecule has 3 rings (SSSR count). The van der Waals surface area contributed by atoms with Gasteiger partial charge in [-0.2, -0.15) is 0 Å². The first-order chi connectivity index (χ1) is 16.5. The molecule has 0 saturated heterocycles. The van der Waals surface area contributed by atoms with Crippen LogP contribution in [0.4, 0.5) is 14.5 Å². The number of nitrogens with one attached hydrogen (secondary N) is 2. The van der Waals surface area contributed by atoms with Gasteiger partial charge in [-0.3, -0.25) is 10.2 Å². The summed E-state index contributed by atoms with van der Waals surface area (Å²) in [5.74, 6) is -4.86. The number of hydrogen-bond donors (Lipinski definition) is 5. The summed E-state index contributed by atoms with van der Waals surface area (Å²) in [4.78, 5) is 13.0. The predicted molar refractivity (Wildman–Crippen MR) is 124 cm³/mol. The molecule has 0 spiro atoms. The second kappa shape index (κ2) is 10.3. The van der Waals surface area contributed by atoms with Gasteiger partial charge in [-0.15, -0.1) is 0 Å². The quantitative estimate of drug-likeness (QED) is 0.265. The van der Waals surface area contributed by atoms with E-state index in [-0.39, 0.29) is 22.9 Å². The summed E-state index contributed by atoms with van der Waals surface area (Å²) in [5, 5.41) is 27.7. The summed E-state index contributed by atoms with van der Waals surface area (Å²) in [7, 11) is 3.60. The fourth-order valence-electron chi connectivity index (χ4n) is 3.12. The molecule has 10 nitrogen and oxygen atoms in total. The van der Waals surface area contributed by atoms with Gasteiger partial charge >= 0.3 is 5.97 Å². The van der Waals surface area contributed by atoms with Gasteiger partial charge in [-0.05, 0) is 37.3 Å². The van der Waals surface area contributed by atoms with Crippen LogP contribution in [0.15, 0.2) is 65.6 Å². The van der Waals surface area contributed by atoms with Crippen molar-refractivity contribution in [1.29, 1.82) is 5.41 Å². The van der Waals surface area contributed by atoms with Crippen LogP contribution < -0.4 is 25.5 Å². The molecule has 0 aliphatic carbocycles. The van der Waals surface area contributed by atoms with Crippen molar-refractivity contribution in [2.24, 2.45) is 5.73 Å². The normalized spacial score (nSPS) is 15.8. The minimum Gasteiger partial charge on any atom is -0.504 e. The molecule has 2 aromatic rings. The number of halogens is 2. The third kappa shape index (κ3) is 5.61. The largest absolute Gasteiger partial charge is 0.504 e. The smallest absolute Gasteiger partial charge is 0.319 e. The molecule has 186 valence electrons. The number of aliphatic carboxylic acids is 1. The van der Waals surface area contributed by atoms with Crippen LogP contribution in [-0.4, -0.2) is 53.9 Å². The highest BCUT2D eigenvalue weighted by atomic mass is 19.1. The van der Waals surface area contributed by atoms with Crippen molar-refractivity contribution in [1.82, 2.24) is 10.4 Å². The average Bonchev–Trinajstić information content (AvgIpc) is 2.81. The minimum absolute atomic E-state index is 0.179. The molecule has 1 heterocycles. The molecular formula is C23H25F2N5O5. The maximum Gasteiger partial charge on any atom is 0.319 e. The molecule has 0 radical (unpaired) electrons. The molecule has 12 heteroatoms. The fraction of sp³-hybridized carbons (Fsp3) is 0.217. The first-order valence-electron chi connectivity index (χ1n) is 10.3. The van der Waals surface area contributed by atoms with E-state index in [9.17, 15) is 9.90 Å². The van der Waals surface area contributed by atoms with E-state index in [1.165, 1.54) is 25.1 Å². The zero-order valence-electron chi connectivity index (χ0n) is 19.2. The molecule has 1 atom stereocenters. The van der Waals surface area contributed by atoms with Crippen LogP contribution in [0.3, 0.4) is 0 Å². The lowest BCUT2D eigenvalue weighted by Crippen LogP contribution is -2.53. The molecule has 1 aliphatic heterocycles. The van der Waals surface area contributed by atoms with E-state index in [0.717, 1.165) is 10.7 Å². The van der Waals surface area contributed by atoms with Gasteiger partial charge < -0.3 is 30.3 Å². The molecule has 1 aliphatic rings. The van der Waals surface area contributed by atoms with E-state index >= 15 is 8.78 Å². The zero-order chi connectivity index (χ0) is 25.9. The van der Waals surface area contributed by atoms with E-state index < -0.39 is 47.6 Å². The Kier molecular flexibility index (Phi) is 7.45. The Morgan fingerprint density at radius 1 is 1.26 bits per heavy atom. The van der Waals surface area contributed by atoms with E-state index in [0.29, 0.717) is 0 Å². The van der Waals surface area contributed by atoms with E-state index in [1.807, 2.05) is 0 Å². The van der Waals surface area contributed by atoms with Gasteiger partial charge in [0.15, 0.2) is 23.2 Å². The van der Waals surface area contributed by atoms with Crippen LogP contribution in [0, 0.1) is 5.41 Å². The highest BCUT2D eigenvalue weighted by Crippen LogP contribution is 2.37. The standard InChI is InChI=1S/C23H25F2N5O5/c1-12-19(24)22(34-15-6-4-5-14(10-15)29(2)3)30(28-11-18(32)33)23(20(12)25)35-17-9-13(21(26)27)7-8-16(17)31/h4-10,23,28,31H,11H2,1-3H3,(H3,26,27)(H,32,33). The van der Waals surface area contributed by atoms with Gasteiger partial charge in [-0.1, -0.05) is 6.07 Å². The molecule has 0 bridgehead atoms. The summed E-state index contributed by atoms with van der Waals surface area (Å²) in [5.41, 5.74) is 8.34. The number of aromatic hydroxyl groups is 1. The van der Waals surface area contributed by atoms with E-state index in [4.69, 9.17) is 25.7 Å². The first-order valence-corrected chi connectivity index (χ1v) is 10.3. The number of carboxylic acid groups (broad SMARTS) is 1. The van der Waals surface area contributed by atoms with Crippen LogP contribution in [-0.2, 0) is 4.79 Å². The van der Waals surface area contributed by atoms with E-state index in [1.54, 1.807) is 43.3 Å². The van der Waals surface area contributed by atoms with Gasteiger partial charge in [0.1, 0.15) is 18.1 Å². The number of nitrogen functional groups attached to an aromatic ring is 1. The number of ether oxygens (including phenoxy) is 2. The first kappa shape index (κ1) is 25.3. The number of nitrogens with two attached hydrogens (primary N) is 1. The summed E-state index contributed by atoms with van der Waals surface area (Å²) in [6.07, 6.45) is -1.77. The molecule has 0 amide bonds. The molecule has 6 N–H and O–H groups in total. The maximum atomic E-state index is 15.3. The summed E-state index contributed by atoms with van der Waals surface area (Å²) >= 11 is 0. The van der Waals surface area contributed by atoms with Crippen LogP contribution in [0.5, 0.6) is 17.2 Å². The van der Waals surface area contributed by atoms with Crippen molar-refractivity contribution in [3.8, 4) is 17.2 Å². The zero-order valence-corrected chi connectivity index (χ0v) is 19.2. The number of nitrogens with zero attached hydrogens (tertiary/aromatic N) is 2. The number of hydrazine groups is 1. The number of allylic oxidation sites excluding steroid dienone is 2. The molecule has 1 unspecified atom stereocenters. The number of anilines is 1. The number of benzene rings is 2. The minimum atomic E-state index is -1.77. The lowest BCUT2D eigenvalue weighted by Gasteiger charge is -2.36. The Hall–Kier alpha value is -4.32. The van der Waals surface area contributed by atoms with Crippen LogP contribution in [0.2, 0.25) is 0 Å². The van der Waals surface area contributed by atoms with Crippen molar-refractivity contribution >= 4 is 17.5 Å². The van der Waals surface area contributed by atoms with Gasteiger partial charge in [0, 0.05) is 37.0 Å². The molecule has 2 aromatic carbocycles. The second-order valence-corrected chi connectivity index (χ2v) is 7.75. The highest BCUT2D eigenvalue weighted by molar-refractivity contribution is 5.95. The number of carbonyl (C=O) groups is 1. The Labute approximate surface area is 199 Å². The molecule has 0 saturated carbocycles. The fourth-order valence-corrected chi connectivity index (χ4v) is 3.12. The van der Waals surface area contributed by atoms with Gasteiger partial charge in [0.25, 0.3) is 5.88 Å². The third-order valence-corrected chi connectivity index (χ3v) is 5.00. The predicted octanol–water partition coefficient (Wildman–Crippen LogP) is 2.81. The monoisotopic (exact) mass is 489 g/mol. The number of hydrogen-bond acceptors (Lipinski definition) is 8. The summed E-state index contributed by atoms with van der Waals surface area (Å²) in [6, 6.07) is 10.4. The molecular weight excluding hydrogens is 464 g/mol. The molecule has 35 heavy (non-hydrogen) atoms.